The van der Waals surface area contributed by atoms with Crippen molar-refractivity contribution >= 4 is 11.9 Å². The van der Waals surface area contributed by atoms with Gasteiger partial charge in [0.2, 0.25) is 5.91 Å². The molecule has 2 N–H and O–H groups in total. The lowest BCUT2D eigenvalue weighted by molar-refractivity contribution is -0.148. The van der Waals surface area contributed by atoms with Crippen LogP contribution < -0.4 is 5.32 Å². The Bertz CT molecular complexity index is 343. The second-order valence-corrected chi connectivity index (χ2v) is 6.31. The van der Waals surface area contributed by atoms with Crippen LogP contribution in [0.5, 0.6) is 0 Å². The number of amides is 1. The van der Waals surface area contributed by atoms with E-state index >= 15 is 0 Å². The quantitative estimate of drug-likeness (QED) is 0.823. The van der Waals surface area contributed by atoms with Gasteiger partial charge in [-0.3, -0.25) is 4.79 Å². The molecule has 0 spiro atoms. The van der Waals surface area contributed by atoms with Crippen molar-refractivity contribution in [2.75, 3.05) is 0 Å². The van der Waals surface area contributed by atoms with E-state index in [-0.39, 0.29) is 17.7 Å². The van der Waals surface area contributed by atoms with Gasteiger partial charge in [-0.1, -0.05) is 32.1 Å². The van der Waals surface area contributed by atoms with E-state index in [1.165, 1.54) is 19.3 Å². The molecule has 2 aliphatic carbocycles. The average molecular weight is 267 g/mol. The molecule has 0 radical (unpaired) electrons. The minimum Gasteiger partial charge on any atom is -0.480 e. The van der Waals surface area contributed by atoms with E-state index in [1.54, 1.807) is 6.92 Å². The molecule has 0 saturated heterocycles. The van der Waals surface area contributed by atoms with E-state index in [2.05, 4.69) is 5.32 Å². The molecule has 2 saturated carbocycles. The minimum atomic E-state index is -1.06. The molecule has 1 amide bonds. The molecule has 4 heteroatoms. The number of nitrogens with one attached hydrogen (secondary N) is 1. The van der Waals surface area contributed by atoms with Gasteiger partial charge in [-0.2, -0.15) is 0 Å². The van der Waals surface area contributed by atoms with Gasteiger partial charge in [0.15, 0.2) is 0 Å². The van der Waals surface area contributed by atoms with Crippen molar-refractivity contribution in [2.24, 2.45) is 11.8 Å². The Morgan fingerprint density at radius 3 is 2.00 bits per heavy atom. The average Bonchev–Trinajstić information content (AvgIpc) is 3.11. The first-order valence-electron chi connectivity index (χ1n) is 7.59. The van der Waals surface area contributed by atoms with E-state index in [0.29, 0.717) is 0 Å². The number of aliphatic carboxylic acids is 1. The molecule has 0 aromatic rings. The van der Waals surface area contributed by atoms with Gasteiger partial charge in [-0.05, 0) is 38.5 Å². The smallest absolute Gasteiger partial charge is 0.329 e. The molecule has 0 heterocycles. The van der Waals surface area contributed by atoms with Gasteiger partial charge in [0.25, 0.3) is 0 Å². The summed E-state index contributed by atoms with van der Waals surface area (Å²) in [5.74, 6) is -0.812. The van der Waals surface area contributed by atoms with E-state index in [9.17, 15) is 14.7 Å². The Balaban J connectivity index is 1.96. The van der Waals surface area contributed by atoms with Crippen LogP contribution in [0.4, 0.5) is 0 Å². The zero-order valence-corrected chi connectivity index (χ0v) is 11.8. The Labute approximate surface area is 115 Å². The van der Waals surface area contributed by atoms with Crippen LogP contribution >= 0.6 is 0 Å². The summed E-state index contributed by atoms with van der Waals surface area (Å²) < 4.78 is 0. The van der Waals surface area contributed by atoms with Gasteiger partial charge >= 0.3 is 5.97 Å². The lowest BCUT2D eigenvalue weighted by Crippen LogP contribution is -2.55. The maximum Gasteiger partial charge on any atom is 0.329 e. The maximum atomic E-state index is 12.3. The number of carbonyl (C=O) groups excluding carboxylic acids is 1. The highest BCUT2D eigenvalue weighted by Crippen LogP contribution is 2.40. The van der Waals surface area contributed by atoms with Crippen LogP contribution in [0.15, 0.2) is 0 Å². The van der Waals surface area contributed by atoms with E-state index < -0.39 is 11.5 Å². The number of carboxylic acids is 1. The summed E-state index contributed by atoms with van der Waals surface area (Å²) in [4.78, 5) is 23.8. The van der Waals surface area contributed by atoms with Crippen molar-refractivity contribution in [3.63, 3.8) is 0 Å². The zero-order valence-electron chi connectivity index (χ0n) is 11.8. The third-order valence-corrected chi connectivity index (χ3v) is 4.70. The Morgan fingerprint density at radius 2 is 1.53 bits per heavy atom. The third-order valence-electron chi connectivity index (χ3n) is 4.70. The molecule has 1 atom stereocenters. The van der Waals surface area contributed by atoms with E-state index in [0.717, 1.165) is 38.5 Å². The Hall–Kier alpha value is -1.06. The van der Waals surface area contributed by atoms with Gasteiger partial charge in [-0.15, -0.1) is 0 Å². The fraction of sp³-hybridized carbons (Fsp3) is 0.867. The van der Waals surface area contributed by atoms with Crippen LogP contribution in [0.3, 0.4) is 0 Å². The Kier molecular flexibility index (Phi) is 4.48. The lowest BCUT2D eigenvalue weighted by Gasteiger charge is -2.29. The third kappa shape index (κ3) is 3.48. The van der Waals surface area contributed by atoms with Crippen LogP contribution in [-0.2, 0) is 9.59 Å². The van der Waals surface area contributed by atoms with Crippen molar-refractivity contribution in [3.05, 3.63) is 0 Å². The number of carboxylic acid groups (broad SMARTS) is 1. The van der Waals surface area contributed by atoms with Crippen LogP contribution in [-0.4, -0.2) is 22.5 Å². The van der Waals surface area contributed by atoms with Crippen LogP contribution in [0.25, 0.3) is 0 Å². The summed E-state index contributed by atoms with van der Waals surface area (Å²) in [6.45, 7) is 1.66. The highest BCUT2D eigenvalue weighted by molar-refractivity contribution is 5.88. The van der Waals surface area contributed by atoms with Gasteiger partial charge < -0.3 is 10.4 Å². The fourth-order valence-electron chi connectivity index (χ4n) is 3.07. The fourth-order valence-corrected chi connectivity index (χ4v) is 3.07. The molecular formula is C15H25NO3. The van der Waals surface area contributed by atoms with E-state index in [1.807, 2.05) is 0 Å². The molecule has 108 valence electrons. The molecule has 1 unspecified atom stereocenters. The Morgan fingerprint density at radius 1 is 1.00 bits per heavy atom. The summed E-state index contributed by atoms with van der Waals surface area (Å²) >= 11 is 0. The minimum absolute atomic E-state index is 0.0118. The normalized spacial score (nSPS) is 24.9. The van der Waals surface area contributed by atoms with Crippen molar-refractivity contribution in [3.8, 4) is 0 Å². The number of rotatable bonds is 4. The van der Waals surface area contributed by atoms with Gasteiger partial charge in [0.1, 0.15) is 5.54 Å². The van der Waals surface area contributed by atoms with Gasteiger partial charge in [-0.25, -0.2) is 4.79 Å². The van der Waals surface area contributed by atoms with Crippen LogP contribution in [0, 0.1) is 11.8 Å². The molecule has 0 bridgehead atoms. The molecule has 4 nitrogen and oxygen atoms in total. The first-order valence-corrected chi connectivity index (χ1v) is 7.59. The standard InChI is InChI=1S/C15H25NO3/c1-15(14(18)19,12-9-10-12)16-13(17)11-7-5-3-2-4-6-8-11/h11-12H,2-10H2,1H3,(H,16,17)(H,18,19). The molecule has 2 fully saturated rings. The largest absolute Gasteiger partial charge is 0.480 e. The van der Waals surface area contributed by atoms with Crippen LogP contribution in [0.2, 0.25) is 0 Å². The highest BCUT2D eigenvalue weighted by Gasteiger charge is 2.49. The predicted octanol–water partition coefficient (Wildman–Crippen LogP) is 2.72. The second-order valence-electron chi connectivity index (χ2n) is 6.31. The summed E-state index contributed by atoms with van der Waals surface area (Å²) in [5, 5.41) is 12.2. The monoisotopic (exact) mass is 267 g/mol. The molecular weight excluding hydrogens is 242 g/mol. The molecule has 0 aromatic carbocycles. The summed E-state index contributed by atoms with van der Waals surface area (Å²) in [6.07, 6.45) is 9.48. The number of hydrogen-bond donors (Lipinski definition) is 2. The first kappa shape index (κ1) is 14.4. The lowest BCUT2D eigenvalue weighted by atomic mass is 9.88. The molecule has 19 heavy (non-hydrogen) atoms. The summed E-state index contributed by atoms with van der Waals surface area (Å²) in [5.41, 5.74) is -1.06. The van der Waals surface area contributed by atoms with Crippen molar-refractivity contribution in [1.29, 1.82) is 0 Å². The predicted molar refractivity (Wildman–Crippen MR) is 72.7 cm³/mol. The SMILES string of the molecule is CC(NC(=O)C1CCCCCCC1)(C(=O)O)C1CC1. The summed E-state index contributed by atoms with van der Waals surface area (Å²) in [7, 11) is 0. The highest BCUT2D eigenvalue weighted by atomic mass is 16.4. The summed E-state index contributed by atoms with van der Waals surface area (Å²) in [6, 6.07) is 0. The van der Waals surface area contributed by atoms with Gasteiger partial charge in [0, 0.05) is 5.92 Å². The topological polar surface area (TPSA) is 66.4 Å². The van der Waals surface area contributed by atoms with Crippen molar-refractivity contribution in [2.45, 2.75) is 70.3 Å². The second kappa shape index (κ2) is 5.93. The van der Waals surface area contributed by atoms with E-state index in [4.69, 9.17) is 0 Å². The van der Waals surface area contributed by atoms with Crippen molar-refractivity contribution < 1.29 is 14.7 Å². The molecule has 0 aliphatic heterocycles. The molecule has 2 rings (SSSR count). The van der Waals surface area contributed by atoms with Crippen LogP contribution in [0.1, 0.15) is 64.7 Å². The number of hydrogen-bond acceptors (Lipinski definition) is 2. The number of carbonyl (C=O) groups is 2. The maximum absolute atomic E-state index is 12.3. The van der Waals surface area contributed by atoms with Crippen molar-refractivity contribution in [1.82, 2.24) is 5.32 Å². The molecule has 2 aliphatic rings. The van der Waals surface area contributed by atoms with Gasteiger partial charge in [0.05, 0.1) is 0 Å². The first-order chi connectivity index (χ1) is 9.04. The zero-order chi connectivity index (χ0) is 13.9. The molecule has 0 aromatic heterocycles.